The summed E-state index contributed by atoms with van der Waals surface area (Å²) in [5.41, 5.74) is 0. The molecule has 1 unspecified atom stereocenters. The first-order chi connectivity index (χ1) is 8.17. The highest BCUT2D eigenvalue weighted by Gasteiger charge is 2.12. The van der Waals surface area contributed by atoms with Crippen molar-refractivity contribution in [1.82, 2.24) is 10.3 Å². The Hall–Kier alpha value is -0.940. The van der Waals surface area contributed by atoms with E-state index in [-0.39, 0.29) is 18.6 Å². The van der Waals surface area contributed by atoms with Gasteiger partial charge in [0.05, 0.1) is 6.04 Å². The minimum atomic E-state index is -0.0841. The van der Waals surface area contributed by atoms with E-state index in [1.165, 1.54) is 4.88 Å². The Morgan fingerprint density at radius 2 is 2.35 bits per heavy atom. The van der Waals surface area contributed by atoms with E-state index in [2.05, 4.69) is 17.2 Å². The van der Waals surface area contributed by atoms with Gasteiger partial charge in [-0.25, -0.2) is 4.98 Å². The van der Waals surface area contributed by atoms with E-state index in [1.807, 2.05) is 20.0 Å². The molecule has 0 aliphatic carbocycles. The molecule has 1 atom stereocenters. The van der Waals surface area contributed by atoms with Crippen molar-refractivity contribution in [2.24, 2.45) is 0 Å². The van der Waals surface area contributed by atoms with Gasteiger partial charge in [0, 0.05) is 17.7 Å². The van der Waals surface area contributed by atoms with E-state index < -0.39 is 0 Å². The van der Waals surface area contributed by atoms with Gasteiger partial charge >= 0.3 is 0 Å². The molecule has 17 heavy (non-hydrogen) atoms. The SMILES string of the molecule is CCCOCC(=O)NC(C)c1ncc(CC)s1. The molecule has 0 aliphatic heterocycles. The second-order valence-electron chi connectivity index (χ2n) is 3.86. The molecule has 0 saturated carbocycles. The number of carbonyl (C=O) groups is 1. The molecule has 1 heterocycles. The average molecular weight is 256 g/mol. The van der Waals surface area contributed by atoms with Crippen LogP contribution in [0, 0.1) is 0 Å². The number of thiazole rings is 1. The van der Waals surface area contributed by atoms with Crippen molar-refractivity contribution < 1.29 is 9.53 Å². The summed E-state index contributed by atoms with van der Waals surface area (Å²) in [5, 5.41) is 3.83. The molecule has 1 amide bonds. The summed E-state index contributed by atoms with van der Waals surface area (Å²) in [5.74, 6) is -0.0841. The molecule has 0 radical (unpaired) electrons. The van der Waals surface area contributed by atoms with Gasteiger partial charge in [-0.1, -0.05) is 13.8 Å². The van der Waals surface area contributed by atoms with Gasteiger partial charge in [0.1, 0.15) is 11.6 Å². The smallest absolute Gasteiger partial charge is 0.246 e. The van der Waals surface area contributed by atoms with Gasteiger partial charge in [-0.15, -0.1) is 11.3 Å². The number of aryl methyl sites for hydroxylation is 1. The summed E-state index contributed by atoms with van der Waals surface area (Å²) in [7, 11) is 0. The zero-order chi connectivity index (χ0) is 12.7. The lowest BCUT2D eigenvalue weighted by Gasteiger charge is -2.11. The first-order valence-electron chi connectivity index (χ1n) is 5.99. The molecule has 1 rings (SSSR count). The Labute approximate surface area is 106 Å². The Morgan fingerprint density at radius 1 is 1.59 bits per heavy atom. The van der Waals surface area contributed by atoms with Crippen LogP contribution >= 0.6 is 11.3 Å². The van der Waals surface area contributed by atoms with Gasteiger partial charge in [0.25, 0.3) is 0 Å². The molecule has 1 N–H and O–H groups in total. The molecule has 4 nitrogen and oxygen atoms in total. The predicted molar refractivity (Wildman–Crippen MR) is 69.2 cm³/mol. The van der Waals surface area contributed by atoms with Crippen molar-refractivity contribution in [3.05, 3.63) is 16.1 Å². The second-order valence-corrected chi connectivity index (χ2v) is 5.01. The fourth-order valence-corrected chi connectivity index (χ4v) is 2.20. The second kappa shape index (κ2) is 7.40. The highest BCUT2D eigenvalue weighted by Crippen LogP contribution is 2.19. The number of nitrogens with one attached hydrogen (secondary N) is 1. The monoisotopic (exact) mass is 256 g/mol. The molecule has 0 aliphatic rings. The first kappa shape index (κ1) is 14.1. The normalized spacial score (nSPS) is 12.4. The van der Waals surface area contributed by atoms with Crippen LogP contribution in [0.3, 0.4) is 0 Å². The van der Waals surface area contributed by atoms with Crippen LogP contribution in [0.2, 0.25) is 0 Å². The molecule has 0 spiro atoms. The van der Waals surface area contributed by atoms with Crippen molar-refractivity contribution in [1.29, 1.82) is 0 Å². The van der Waals surface area contributed by atoms with Crippen LogP contribution in [-0.4, -0.2) is 24.1 Å². The number of rotatable bonds is 7. The van der Waals surface area contributed by atoms with E-state index in [0.29, 0.717) is 6.61 Å². The van der Waals surface area contributed by atoms with Crippen molar-refractivity contribution in [2.75, 3.05) is 13.2 Å². The van der Waals surface area contributed by atoms with E-state index >= 15 is 0 Å². The van der Waals surface area contributed by atoms with Gasteiger partial charge in [0.2, 0.25) is 5.91 Å². The maximum absolute atomic E-state index is 11.5. The highest BCUT2D eigenvalue weighted by atomic mass is 32.1. The summed E-state index contributed by atoms with van der Waals surface area (Å²) < 4.78 is 5.18. The van der Waals surface area contributed by atoms with Gasteiger partial charge in [-0.2, -0.15) is 0 Å². The molecular weight excluding hydrogens is 236 g/mol. The van der Waals surface area contributed by atoms with Crippen LogP contribution in [0.1, 0.15) is 43.1 Å². The molecule has 1 aromatic rings. The van der Waals surface area contributed by atoms with Gasteiger partial charge in [0.15, 0.2) is 0 Å². The third-order valence-corrected chi connectivity index (χ3v) is 3.57. The Morgan fingerprint density at radius 3 is 2.94 bits per heavy atom. The Bertz CT molecular complexity index is 352. The fourth-order valence-electron chi connectivity index (χ4n) is 1.34. The van der Waals surface area contributed by atoms with Crippen molar-refractivity contribution in [3.63, 3.8) is 0 Å². The Balaban J connectivity index is 2.37. The highest BCUT2D eigenvalue weighted by molar-refractivity contribution is 7.11. The van der Waals surface area contributed by atoms with E-state index in [1.54, 1.807) is 11.3 Å². The van der Waals surface area contributed by atoms with Crippen molar-refractivity contribution >= 4 is 17.2 Å². The summed E-state index contributed by atoms with van der Waals surface area (Å²) in [6, 6.07) is -0.0435. The lowest BCUT2D eigenvalue weighted by Crippen LogP contribution is -2.30. The van der Waals surface area contributed by atoms with E-state index in [4.69, 9.17) is 4.74 Å². The molecule has 5 heteroatoms. The molecule has 1 aromatic heterocycles. The van der Waals surface area contributed by atoms with E-state index in [9.17, 15) is 4.79 Å². The minimum Gasteiger partial charge on any atom is -0.372 e. The molecular formula is C12H20N2O2S. The number of ether oxygens (including phenoxy) is 1. The van der Waals surface area contributed by atoms with Gasteiger partial charge in [-0.3, -0.25) is 4.79 Å². The van der Waals surface area contributed by atoms with Crippen molar-refractivity contribution in [3.8, 4) is 0 Å². The van der Waals surface area contributed by atoms with Crippen LogP contribution in [-0.2, 0) is 16.0 Å². The van der Waals surface area contributed by atoms with E-state index in [0.717, 1.165) is 17.8 Å². The average Bonchev–Trinajstić information content (AvgIpc) is 2.78. The van der Waals surface area contributed by atoms with Gasteiger partial charge in [-0.05, 0) is 19.8 Å². The molecule has 0 aromatic carbocycles. The first-order valence-corrected chi connectivity index (χ1v) is 6.80. The summed E-state index contributed by atoms with van der Waals surface area (Å²) in [4.78, 5) is 17.1. The largest absolute Gasteiger partial charge is 0.372 e. The zero-order valence-corrected chi connectivity index (χ0v) is 11.5. The predicted octanol–water partition coefficient (Wildman–Crippen LogP) is 2.31. The number of aromatic nitrogens is 1. The lowest BCUT2D eigenvalue weighted by molar-refractivity contribution is -0.126. The molecule has 96 valence electrons. The third-order valence-electron chi connectivity index (χ3n) is 2.25. The van der Waals surface area contributed by atoms with Gasteiger partial charge < -0.3 is 10.1 Å². The topological polar surface area (TPSA) is 51.2 Å². The number of hydrogen-bond acceptors (Lipinski definition) is 4. The van der Waals surface area contributed by atoms with Crippen LogP contribution in [0.15, 0.2) is 6.20 Å². The van der Waals surface area contributed by atoms with Crippen LogP contribution < -0.4 is 5.32 Å². The number of hydrogen-bond donors (Lipinski definition) is 1. The number of amides is 1. The molecule has 0 saturated heterocycles. The minimum absolute atomic E-state index is 0.0435. The standard InChI is InChI=1S/C12H20N2O2S/c1-4-6-16-8-11(15)14-9(3)12-13-7-10(5-2)17-12/h7,9H,4-6,8H2,1-3H3,(H,14,15). The summed E-state index contributed by atoms with van der Waals surface area (Å²) >= 11 is 1.64. The van der Waals surface area contributed by atoms with Crippen LogP contribution in [0.25, 0.3) is 0 Å². The summed E-state index contributed by atoms with van der Waals surface area (Å²) in [6.45, 7) is 6.81. The maximum Gasteiger partial charge on any atom is 0.246 e. The molecule has 0 fully saturated rings. The van der Waals surface area contributed by atoms with Crippen LogP contribution in [0.5, 0.6) is 0 Å². The number of carbonyl (C=O) groups excluding carboxylic acids is 1. The van der Waals surface area contributed by atoms with Crippen LogP contribution in [0.4, 0.5) is 0 Å². The zero-order valence-electron chi connectivity index (χ0n) is 10.7. The molecule has 0 bridgehead atoms. The number of nitrogens with zero attached hydrogens (tertiary/aromatic N) is 1. The Kier molecular flexibility index (Phi) is 6.15. The lowest BCUT2D eigenvalue weighted by atomic mass is 10.3. The third kappa shape index (κ3) is 4.83. The summed E-state index contributed by atoms with van der Waals surface area (Å²) in [6.07, 6.45) is 3.78. The fraction of sp³-hybridized carbons (Fsp3) is 0.667. The van der Waals surface area contributed by atoms with Crippen molar-refractivity contribution in [2.45, 2.75) is 39.7 Å². The maximum atomic E-state index is 11.5. The quantitative estimate of drug-likeness (QED) is 0.762.